The zero-order valence-corrected chi connectivity index (χ0v) is 18.8. The minimum Gasteiger partial charge on any atom is -0.466 e. The zero-order valence-electron chi connectivity index (χ0n) is 18.8. The summed E-state index contributed by atoms with van der Waals surface area (Å²) in [5.74, 6) is -19.3. The minimum atomic E-state index is -6.50. The monoisotopic (exact) mass is 514 g/mol. The van der Waals surface area contributed by atoms with Gasteiger partial charge in [-0.05, 0) is 38.8 Å². The molecule has 0 saturated heterocycles. The molecule has 2 rings (SSSR count). The number of carbonyl (C=O) groups is 1. The van der Waals surface area contributed by atoms with Crippen molar-refractivity contribution >= 4 is 17.3 Å². The van der Waals surface area contributed by atoms with Crippen molar-refractivity contribution in [1.29, 1.82) is 0 Å². The summed E-state index contributed by atoms with van der Waals surface area (Å²) in [5.41, 5.74) is -2.17. The highest BCUT2D eigenvalue weighted by Crippen LogP contribution is 2.55. The maximum absolute atomic E-state index is 15.0. The molecule has 0 fully saturated rings. The van der Waals surface area contributed by atoms with Gasteiger partial charge in [0, 0.05) is 13.5 Å². The predicted molar refractivity (Wildman–Crippen MR) is 108 cm³/mol. The van der Waals surface area contributed by atoms with E-state index in [2.05, 4.69) is 20.1 Å². The molecule has 194 valence electrons. The first kappa shape index (κ1) is 28.2. The van der Waals surface area contributed by atoms with Crippen LogP contribution in [-0.2, 0) is 22.0 Å². The summed E-state index contributed by atoms with van der Waals surface area (Å²) in [5, 5.41) is 10.9. The Bertz CT molecular complexity index is 1050. The van der Waals surface area contributed by atoms with E-state index < -0.39 is 48.1 Å². The van der Waals surface area contributed by atoms with Gasteiger partial charge in [-0.3, -0.25) is 9.48 Å². The van der Waals surface area contributed by atoms with Crippen LogP contribution in [0.1, 0.15) is 36.7 Å². The van der Waals surface area contributed by atoms with E-state index in [1.165, 1.54) is 12.1 Å². The summed E-state index contributed by atoms with van der Waals surface area (Å²) in [6.45, 7) is 3.35. The summed E-state index contributed by atoms with van der Waals surface area (Å²) < 4.78 is 116. The maximum atomic E-state index is 15.0. The fourth-order valence-corrected chi connectivity index (χ4v) is 2.96. The zero-order chi connectivity index (χ0) is 26.6. The van der Waals surface area contributed by atoms with Gasteiger partial charge in [0.1, 0.15) is 11.4 Å². The summed E-state index contributed by atoms with van der Waals surface area (Å²) in [6, 6.07) is 6.07. The fraction of sp³-hybridized carbons (Fsp3) is 0.524. The van der Waals surface area contributed by atoms with E-state index in [4.69, 9.17) is 0 Å². The number of nitrogens with zero attached hydrogens (tertiary/aromatic N) is 4. The lowest BCUT2D eigenvalue weighted by atomic mass is 10.00. The topological polar surface area (TPSA) is 68.8 Å². The van der Waals surface area contributed by atoms with Gasteiger partial charge in [0.25, 0.3) is 0 Å². The molecule has 0 N–H and O–H groups in total. The summed E-state index contributed by atoms with van der Waals surface area (Å²) in [4.78, 5) is 10.8. The number of azo groups is 1. The molecule has 0 aliphatic rings. The second-order valence-electron chi connectivity index (χ2n) is 7.66. The molecule has 0 amide bonds. The molecule has 0 bridgehead atoms. The second kappa shape index (κ2) is 10.7. The number of hydrogen-bond donors (Lipinski definition) is 0. The fourth-order valence-electron chi connectivity index (χ4n) is 2.96. The van der Waals surface area contributed by atoms with Gasteiger partial charge in [-0.15, -0.1) is 5.11 Å². The van der Waals surface area contributed by atoms with Crippen molar-refractivity contribution in [2.75, 3.05) is 6.61 Å². The summed E-state index contributed by atoms with van der Waals surface area (Å²) in [7, 11) is 0. The van der Waals surface area contributed by atoms with Crippen LogP contribution in [0.3, 0.4) is 0 Å². The number of halogens is 8. The lowest BCUT2D eigenvalue weighted by Gasteiger charge is -2.32. The van der Waals surface area contributed by atoms with Crippen molar-refractivity contribution in [1.82, 2.24) is 9.78 Å². The lowest BCUT2D eigenvalue weighted by Crippen LogP contribution is -2.56. The van der Waals surface area contributed by atoms with Crippen LogP contribution in [0.25, 0.3) is 0 Å². The molecule has 0 aliphatic heterocycles. The third-order valence-electron chi connectivity index (χ3n) is 4.85. The van der Waals surface area contributed by atoms with Crippen LogP contribution in [0.5, 0.6) is 0 Å². The van der Waals surface area contributed by atoms with Crippen LogP contribution in [0.2, 0.25) is 0 Å². The van der Waals surface area contributed by atoms with Gasteiger partial charge in [-0.2, -0.15) is 36.6 Å². The van der Waals surface area contributed by atoms with Crippen LogP contribution in [0.4, 0.5) is 46.5 Å². The predicted octanol–water partition coefficient (Wildman–Crippen LogP) is 6.89. The largest absolute Gasteiger partial charge is 0.466 e. The average Bonchev–Trinajstić information content (AvgIpc) is 3.08. The lowest BCUT2D eigenvalue weighted by molar-refractivity contribution is -0.344. The molecular weight excluding hydrogens is 492 g/mol. The van der Waals surface area contributed by atoms with Crippen molar-refractivity contribution in [2.45, 2.75) is 64.4 Å². The van der Waals surface area contributed by atoms with E-state index in [0.29, 0.717) is 4.68 Å². The molecule has 2 aromatic rings. The average molecular weight is 514 g/mol. The minimum absolute atomic E-state index is 0.0527. The van der Waals surface area contributed by atoms with Crippen LogP contribution in [0, 0.1) is 13.8 Å². The van der Waals surface area contributed by atoms with Crippen LogP contribution in [-0.4, -0.2) is 40.6 Å². The van der Waals surface area contributed by atoms with Gasteiger partial charge >= 0.3 is 30.2 Å². The highest BCUT2D eigenvalue weighted by atomic mass is 19.4. The van der Waals surface area contributed by atoms with Crippen molar-refractivity contribution in [3.05, 3.63) is 41.2 Å². The van der Waals surface area contributed by atoms with Gasteiger partial charge in [-0.1, -0.05) is 17.7 Å². The Balaban J connectivity index is 2.55. The molecule has 35 heavy (non-hydrogen) atoms. The molecule has 0 saturated carbocycles. The normalized spacial score (nSPS) is 13.1. The quantitative estimate of drug-likeness (QED) is 0.142. The number of esters is 1. The first-order valence-electron chi connectivity index (χ1n) is 10.2. The van der Waals surface area contributed by atoms with Gasteiger partial charge in [0.05, 0.1) is 18.0 Å². The van der Waals surface area contributed by atoms with Gasteiger partial charge in [0.2, 0.25) is 0 Å². The Morgan fingerprint density at radius 2 is 1.63 bits per heavy atom. The molecule has 0 unspecified atom stereocenters. The highest BCUT2D eigenvalue weighted by Gasteiger charge is 2.77. The van der Waals surface area contributed by atoms with Crippen LogP contribution >= 0.6 is 0 Å². The molecule has 0 radical (unpaired) electrons. The van der Waals surface area contributed by atoms with E-state index >= 15 is 0 Å². The first-order valence-corrected chi connectivity index (χ1v) is 10.2. The number of hydrogen-bond acceptors (Lipinski definition) is 5. The molecule has 1 heterocycles. The molecule has 0 aliphatic carbocycles. The molecule has 14 heteroatoms. The van der Waals surface area contributed by atoms with Crippen LogP contribution in [0.15, 0.2) is 34.5 Å². The number of benzene rings is 1. The van der Waals surface area contributed by atoms with Crippen LogP contribution < -0.4 is 0 Å². The van der Waals surface area contributed by atoms with Crippen molar-refractivity contribution in [3.8, 4) is 0 Å². The summed E-state index contributed by atoms with van der Waals surface area (Å²) in [6.07, 6.45) is -5.03. The van der Waals surface area contributed by atoms with Gasteiger partial charge in [-0.25, -0.2) is 8.78 Å². The molecule has 6 nitrogen and oxygen atoms in total. The molecular formula is C21H22F8N4O2. The van der Waals surface area contributed by atoms with E-state index in [9.17, 15) is 39.9 Å². The number of unbranched alkanes of at least 4 members (excludes halogenated alkanes) is 1. The Morgan fingerprint density at radius 3 is 2.17 bits per heavy atom. The number of carbonyl (C=O) groups excluding carboxylic acids is 1. The Labute approximate surface area is 195 Å². The molecule has 0 spiro atoms. The van der Waals surface area contributed by atoms with Gasteiger partial charge in [0.15, 0.2) is 0 Å². The third-order valence-corrected chi connectivity index (χ3v) is 4.85. The van der Waals surface area contributed by atoms with Crippen molar-refractivity contribution in [3.63, 3.8) is 0 Å². The van der Waals surface area contributed by atoms with Crippen molar-refractivity contribution in [2.24, 2.45) is 10.2 Å². The second-order valence-corrected chi connectivity index (χ2v) is 7.66. The third kappa shape index (κ3) is 5.96. The van der Waals surface area contributed by atoms with Gasteiger partial charge < -0.3 is 4.74 Å². The Kier molecular flexibility index (Phi) is 8.61. The number of alkyl halides is 8. The highest BCUT2D eigenvalue weighted by molar-refractivity contribution is 5.65. The smallest absolute Gasteiger partial charge is 0.383 e. The molecule has 0 atom stereocenters. The maximum Gasteiger partial charge on any atom is 0.383 e. The molecule has 1 aromatic heterocycles. The van der Waals surface area contributed by atoms with E-state index in [-0.39, 0.29) is 30.8 Å². The standard InChI is InChI=1S/C21H22F8N4O2/c1-12-6-8-15(9-7-12)30-31-16-13(2)32-33(10-4-5-11-35-14(3)34)17(16)19(24,25)21(28,29)20(26,27)18(22)23/h6-9,18H,4-5,10-11H2,1-3H3. The van der Waals surface area contributed by atoms with E-state index in [1.807, 2.05) is 0 Å². The molecule has 1 aromatic carbocycles. The van der Waals surface area contributed by atoms with E-state index in [0.717, 1.165) is 19.4 Å². The number of aryl methyl sites for hydroxylation is 3. The first-order chi connectivity index (χ1) is 16.1. The Hall–Kier alpha value is -3.06. The number of rotatable bonds is 11. The summed E-state index contributed by atoms with van der Waals surface area (Å²) >= 11 is 0. The number of ether oxygens (including phenoxy) is 1. The SMILES string of the molecule is CC(=O)OCCCCn1nc(C)c(N=Nc2ccc(C)cc2)c1C(F)(F)C(F)(F)C(F)(F)C(F)F. The van der Waals surface area contributed by atoms with Crippen molar-refractivity contribution < 1.29 is 44.7 Å². The number of aromatic nitrogens is 2. The van der Waals surface area contributed by atoms with E-state index in [1.54, 1.807) is 19.1 Å². The Morgan fingerprint density at radius 1 is 1.03 bits per heavy atom.